The Kier molecular flexibility index (Phi) is 11.5. The Bertz CT molecular complexity index is 919. The van der Waals surface area contributed by atoms with Crippen molar-refractivity contribution in [2.45, 2.75) is 38.8 Å². The molecule has 2 aromatic rings. The largest absolute Gasteiger partial charge is 0.493 e. The van der Waals surface area contributed by atoms with Crippen LogP contribution in [0.1, 0.15) is 30.9 Å². The predicted octanol–water partition coefficient (Wildman–Crippen LogP) is 2.89. The zero-order valence-corrected chi connectivity index (χ0v) is 21.8. The maximum absolute atomic E-state index is 12.0. The lowest BCUT2D eigenvalue weighted by Crippen LogP contribution is -2.35. The molecule has 1 aliphatic heterocycles. The fraction of sp³-hybridized carbons (Fsp3) is 0.536. The average molecular weight is 500 g/mol. The van der Waals surface area contributed by atoms with Gasteiger partial charge in [0.05, 0.1) is 19.6 Å². The molecule has 0 radical (unpaired) electrons. The quantitative estimate of drug-likeness (QED) is 0.387. The van der Waals surface area contributed by atoms with Gasteiger partial charge in [0.2, 0.25) is 5.91 Å². The number of benzene rings is 2. The standard InChI is InChI=1S/C28H41N3O5/c1-22-11-13-31(14-12-22)15-16-35-26-10-9-24(17-27(26)34-3)19-30(2)20-25(32)21-36-29-28(33)18-23-7-5-4-6-8-23/h4-10,17,22,25,32H,11-16,18-21H2,1-3H3,(H,29,33). The Labute approximate surface area is 215 Å². The first-order chi connectivity index (χ1) is 17.4. The van der Waals surface area contributed by atoms with Crippen molar-refractivity contribution in [1.29, 1.82) is 0 Å². The summed E-state index contributed by atoms with van der Waals surface area (Å²) >= 11 is 0. The SMILES string of the molecule is COc1cc(CN(C)CC(O)CONC(=O)Cc2ccccc2)ccc1OCCN1CCC(C)CC1. The number of carbonyl (C=O) groups excluding carboxylic acids is 1. The lowest BCUT2D eigenvalue weighted by molar-refractivity contribution is -0.135. The van der Waals surface area contributed by atoms with E-state index in [1.807, 2.05) is 60.5 Å². The van der Waals surface area contributed by atoms with E-state index >= 15 is 0 Å². The van der Waals surface area contributed by atoms with Gasteiger partial charge in [-0.05, 0) is 62.2 Å². The average Bonchev–Trinajstić information content (AvgIpc) is 2.86. The summed E-state index contributed by atoms with van der Waals surface area (Å²) in [5.74, 6) is 2.03. The molecule has 1 heterocycles. The van der Waals surface area contributed by atoms with Gasteiger partial charge in [-0.2, -0.15) is 0 Å². The zero-order chi connectivity index (χ0) is 25.8. The van der Waals surface area contributed by atoms with Gasteiger partial charge in [0.25, 0.3) is 0 Å². The number of nitrogens with one attached hydrogen (secondary N) is 1. The van der Waals surface area contributed by atoms with Gasteiger partial charge in [-0.1, -0.05) is 43.3 Å². The van der Waals surface area contributed by atoms with E-state index in [1.54, 1.807) is 7.11 Å². The molecule has 1 atom stereocenters. The molecule has 8 nitrogen and oxygen atoms in total. The number of aliphatic hydroxyl groups excluding tert-OH is 1. The summed E-state index contributed by atoms with van der Waals surface area (Å²) < 4.78 is 11.6. The van der Waals surface area contributed by atoms with Crippen LogP contribution in [0, 0.1) is 5.92 Å². The fourth-order valence-electron chi connectivity index (χ4n) is 4.32. The van der Waals surface area contributed by atoms with Gasteiger partial charge in [0, 0.05) is 19.6 Å². The van der Waals surface area contributed by atoms with Crippen LogP contribution in [-0.4, -0.2) is 80.5 Å². The van der Waals surface area contributed by atoms with Crippen LogP contribution in [0.3, 0.4) is 0 Å². The normalized spacial score (nSPS) is 15.6. The third-order valence-electron chi connectivity index (χ3n) is 6.41. The Hall–Kier alpha value is -2.65. The third kappa shape index (κ3) is 9.78. The van der Waals surface area contributed by atoms with Crippen LogP contribution in [-0.2, 0) is 22.6 Å². The summed E-state index contributed by atoms with van der Waals surface area (Å²) in [6.07, 6.45) is 2.01. The van der Waals surface area contributed by atoms with E-state index in [0.717, 1.165) is 42.4 Å². The van der Waals surface area contributed by atoms with E-state index in [4.69, 9.17) is 14.3 Å². The molecule has 1 fully saturated rings. The van der Waals surface area contributed by atoms with Crippen molar-refractivity contribution in [1.82, 2.24) is 15.3 Å². The highest BCUT2D eigenvalue weighted by atomic mass is 16.7. The van der Waals surface area contributed by atoms with E-state index in [1.165, 1.54) is 12.8 Å². The van der Waals surface area contributed by atoms with Crippen molar-refractivity contribution in [2.75, 3.05) is 53.6 Å². The molecule has 0 bridgehead atoms. The van der Waals surface area contributed by atoms with Crippen LogP contribution in [0.25, 0.3) is 0 Å². The molecule has 3 rings (SSSR count). The summed E-state index contributed by atoms with van der Waals surface area (Å²) in [4.78, 5) is 21.6. The number of hydrogen-bond acceptors (Lipinski definition) is 7. The maximum Gasteiger partial charge on any atom is 0.247 e. The molecule has 0 aliphatic carbocycles. The second-order valence-corrected chi connectivity index (χ2v) is 9.71. The minimum Gasteiger partial charge on any atom is -0.493 e. The first-order valence-electron chi connectivity index (χ1n) is 12.8. The van der Waals surface area contributed by atoms with Crippen LogP contribution in [0.5, 0.6) is 11.5 Å². The molecule has 0 saturated carbocycles. The number of piperidine rings is 1. The number of aliphatic hydroxyl groups is 1. The molecule has 0 aromatic heterocycles. The molecule has 1 unspecified atom stereocenters. The Morgan fingerprint density at radius 2 is 1.89 bits per heavy atom. The summed E-state index contributed by atoms with van der Waals surface area (Å²) in [6, 6.07) is 15.4. The number of carbonyl (C=O) groups is 1. The number of amides is 1. The van der Waals surface area contributed by atoms with Crippen LogP contribution in [0.2, 0.25) is 0 Å². The molecular weight excluding hydrogens is 458 g/mol. The lowest BCUT2D eigenvalue weighted by atomic mass is 9.99. The lowest BCUT2D eigenvalue weighted by Gasteiger charge is -2.30. The highest BCUT2D eigenvalue weighted by Gasteiger charge is 2.16. The van der Waals surface area contributed by atoms with Gasteiger partial charge in [-0.3, -0.25) is 19.4 Å². The number of ether oxygens (including phenoxy) is 2. The molecule has 1 amide bonds. The molecule has 198 valence electrons. The minimum atomic E-state index is -0.741. The van der Waals surface area contributed by atoms with Gasteiger partial charge >= 0.3 is 0 Å². The number of likely N-dealkylation sites (tertiary alicyclic amines) is 1. The Balaban J connectivity index is 1.36. The van der Waals surface area contributed by atoms with E-state index in [0.29, 0.717) is 25.4 Å². The number of hydroxylamine groups is 1. The summed E-state index contributed by atoms with van der Waals surface area (Å²) in [5.41, 5.74) is 4.35. The minimum absolute atomic E-state index is 0.0108. The van der Waals surface area contributed by atoms with Crippen molar-refractivity contribution < 1.29 is 24.2 Å². The van der Waals surface area contributed by atoms with Crippen LogP contribution < -0.4 is 15.0 Å². The summed E-state index contributed by atoms with van der Waals surface area (Å²) in [7, 11) is 3.57. The fourth-order valence-corrected chi connectivity index (χ4v) is 4.32. The number of likely N-dealkylation sites (N-methyl/N-ethyl adjacent to an activating group) is 1. The summed E-state index contributed by atoms with van der Waals surface area (Å²) in [6.45, 7) is 7.19. The number of nitrogens with zero attached hydrogens (tertiary/aromatic N) is 2. The second kappa shape index (κ2) is 14.8. The summed E-state index contributed by atoms with van der Waals surface area (Å²) in [5, 5.41) is 10.3. The first kappa shape index (κ1) is 27.9. The van der Waals surface area contributed by atoms with E-state index < -0.39 is 6.10 Å². The number of methoxy groups -OCH3 is 1. The van der Waals surface area contributed by atoms with Crippen LogP contribution in [0.4, 0.5) is 0 Å². The number of hydrogen-bond donors (Lipinski definition) is 2. The molecule has 2 N–H and O–H groups in total. The third-order valence-corrected chi connectivity index (χ3v) is 6.41. The molecule has 36 heavy (non-hydrogen) atoms. The maximum atomic E-state index is 12.0. The van der Waals surface area contributed by atoms with Crippen molar-refractivity contribution in [3.8, 4) is 11.5 Å². The predicted molar refractivity (Wildman–Crippen MR) is 140 cm³/mol. The molecular formula is C28H41N3O5. The van der Waals surface area contributed by atoms with E-state index in [-0.39, 0.29) is 18.9 Å². The van der Waals surface area contributed by atoms with Crippen molar-refractivity contribution in [3.63, 3.8) is 0 Å². The van der Waals surface area contributed by atoms with Gasteiger partial charge in [-0.25, -0.2) is 5.48 Å². The topological polar surface area (TPSA) is 83.5 Å². The molecule has 8 heteroatoms. The van der Waals surface area contributed by atoms with Crippen molar-refractivity contribution in [2.24, 2.45) is 5.92 Å². The van der Waals surface area contributed by atoms with Crippen LogP contribution >= 0.6 is 0 Å². The first-order valence-corrected chi connectivity index (χ1v) is 12.8. The molecule has 2 aromatic carbocycles. The monoisotopic (exact) mass is 499 g/mol. The molecule has 0 spiro atoms. The Morgan fingerprint density at radius 3 is 2.61 bits per heavy atom. The van der Waals surface area contributed by atoms with Gasteiger partial charge < -0.3 is 14.6 Å². The highest BCUT2D eigenvalue weighted by Crippen LogP contribution is 2.28. The zero-order valence-electron chi connectivity index (χ0n) is 21.8. The van der Waals surface area contributed by atoms with Crippen LogP contribution in [0.15, 0.2) is 48.5 Å². The highest BCUT2D eigenvalue weighted by molar-refractivity contribution is 5.77. The van der Waals surface area contributed by atoms with E-state index in [2.05, 4.69) is 17.3 Å². The number of rotatable bonds is 14. The van der Waals surface area contributed by atoms with E-state index in [9.17, 15) is 9.90 Å². The smallest absolute Gasteiger partial charge is 0.247 e. The van der Waals surface area contributed by atoms with Crippen molar-refractivity contribution >= 4 is 5.91 Å². The molecule has 1 aliphatic rings. The van der Waals surface area contributed by atoms with Gasteiger partial charge in [0.1, 0.15) is 13.2 Å². The van der Waals surface area contributed by atoms with Gasteiger partial charge in [-0.15, -0.1) is 0 Å². The molecule has 1 saturated heterocycles. The van der Waals surface area contributed by atoms with Gasteiger partial charge in [0.15, 0.2) is 11.5 Å². The van der Waals surface area contributed by atoms with Crippen molar-refractivity contribution in [3.05, 3.63) is 59.7 Å². The second-order valence-electron chi connectivity index (χ2n) is 9.71. The Morgan fingerprint density at radius 1 is 1.14 bits per heavy atom.